The summed E-state index contributed by atoms with van der Waals surface area (Å²) in [5.41, 5.74) is 1.67. The van der Waals surface area contributed by atoms with Gasteiger partial charge in [0.15, 0.2) is 0 Å². The molecule has 1 aliphatic heterocycles. The van der Waals surface area contributed by atoms with Crippen LogP contribution in [0.2, 0.25) is 5.02 Å². The van der Waals surface area contributed by atoms with Gasteiger partial charge in [-0.25, -0.2) is 9.18 Å². The van der Waals surface area contributed by atoms with Crippen LogP contribution >= 0.6 is 11.6 Å². The lowest BCUT2D eigenvalue weighted by Gasteiger charge is -2.43. The third-order valence-corrected chi connectivity index (χ3v) is 6.69. The van der Waals surface area contributed by atoms with Gasteiger partial charge in [-0.1, -0.05) is 25.4 Å². The summed E-state index contributed by atoms with van der Waals surface area (Å²) >= 11 is 6.27. The van der Waals surface area contributed by atoms with Gasteiger partial charge in [0.1, 0.15) is 5.82 Å². The van der Waals surface area contributed by atoms with E-state index < -0.39 is 11.5 Å². The summed E-state index contributed by atoms with van der Waals surface area (Å²) in [6.07, 6.45) is 2.50. The fourth-order valence-corrected chi connectivity index (χ4v) is 4.68. The van der Waals surface area contributed by atoms with E-state index in [1.807, 2.05) is 6.07 Å². The van der Waals surface area contributed by atoms with Crippen molar-refractivity contribution < 1.29 is 14.3 Å². The van der Waals surface area contributed by atoms with Crippen molar-refractivity contribution in [2.24, 2.45) is 11.3 Å². The molecule has 2 heterocycles. The Balaban J connectivity index is 1.42. The van der Waals surface area contributed by atoms with Crippen LogP contribution in [0, 0.1) is 17.2 Å². The molecule has 1 fully saturated rings. The number of halogens is 2. The number of aliphatic hydroxyl groups is 1. The smallest absolute Gasteiger partial charge is 0.321 e. The number of aliphatic hydroxyl groups excluding tert-OH is 1. The summed E-state index contributed by atoms with van der Waals surface area (Å²) in [6.45, 7) is 5.28. The number of amides is 2. The van der Waals surface area contributed by atoms with Gasteiger partial charge >= 0.3 is 6.03 Å². The third-order valence-electron chi connectivity index (χ3n) is 6.47. The molecule has 1 unspecified atom stereocenters. The van der Waals surface area contributed by atoms with E-state index in [2.05, 4.69) is 29.4 Å². The number of anilines is 1. The Morgan fingerprint density at radius 1 is 1.29 bits per heavy atom. The number of aromatic amines is 1. The number of carbonyl (C=O) groups is 1. The van der Waals surface area contributed by atoms with E-state index in [0.717, 1.165) is 29.3 Å². The highest BCUT2D eigenvalue weighted by Crippen LogP contribution is 2.46. The van der Waals surface area contributed by atoms with E-state index in [9.17, 15) is 14.3 Å². The molecule has 6 nitrogen and oxygen atoms in total. The van der Waals surface area contributed by atoms with E-state index in [4.69, 9.17) is 11.6 Å². The lowest BCUT2D eigenvalue weighted by Crippen LogP contribution is -2.45. The SMILES string of the molecule is CC(C)(C1CCN(C(=O)Nc2ccc(F)cc2)CC1)C(O)c1cc(Cl)cc2cn[nH]c12. The van der Waals surface area contributed by atoms with E-state index in [1.54, 1.807) is 29.3 Å². The van der Waals surface area contributed by atoms with Crippen LogP contribution in [0.3, 0.4) is 0 Å². The Hall–Kier alpha value is -2.64. The number of nitrogens with one attached hydrogen (secondary N) is 2. The van der Waals surface area contributed by atoms with Crippen molar-refractivity contribution in [3.8, 4) is 0 Å². The van der Waals surface area contributed by atoms with Crippen LogP contribution in [0.4, 0.5) is 14.9 Å². The molecule has 1 aliphatic rings. The van der Waals surface area contributed by atoms with E-state index >= 15 is 0 Å². The maximum absolute atomic E-state index is 13.1. The third kappa shape index (κ3) is 4.38. The van der Waals surface area contributed by atoms with Crippen molar-refractivity contribution in [2.45, 2.75) is 32.8 Å². The number of carbonyl (C=O) groups excluding carboxylic acids is 1. The van der Waals surface area contributed by atoms with E-state index in [0.29, 0.717) is 23.8 Å². The number of H-pyrrole nitrogens is 1. The molecule has 0 saturated carbocycles. The first-order chi connectivity index (χ1) is 14.8. The average Bonchev–Trinajstić information content (AvgIpc) is 3.22. The van der Waals surface area contributed by atoms with Crippen LogP contribution in [-0.2, 0) is 0 Å². The molecular formula is C23H26ClFN4O2. The first kappa shape index (κ1) is 21.6. The van der Waals surface area contributed by atoms with Crippen molar-refractivity contribution in [2.75, 3.05) is 18.4 Å². The summed E-state index contributed by atoms with van der Waals surface area (Å²) in [4.78, 5) is 14.3. The van der Waals surface area contributed by atoms with Crippen LogP contribution in [0.1, 0.15) is 38.4 Å². The highest BCUT2D eigenvalue weighted by Gasteiger charge is 2.40. The first-order valence-corrected chi connectivity index (χ1v) is 10.8. The standard InChI is InChI=1S/C23H26ClFN4O2/c1-23(2,21(30)19-12-16(24)11-14-13-26-28-20(14)19)15-7-9-29(10-8-15)22(31)27-18-5-3-17(25)4-6-18/h3-6,11-13,15,21,30H,7-10H2,1-2H3,(H,26,28)(H,27,31). The Kier molecular flexibility index (Phi) is 5.90. The monoisotopic (exact) mass is 444 g/mol. The van der Waals surface area contributed by atoms with Gasteiger partial charge in [-0.2, -0.15) is 5.10 Å². The number of aromatic nitrogens is 2. The molecule has 31 heavy (non-hydrogen) atoms. The molecule has 1 atom stereocenters. The maximum Gasteiger partial charge on any atom is 0.321 e. The van der Waals surface area contributed by atoms with Crippen molar-refractivity contribution in [1.82, 2.24) is 15.1 Å². The Labute approximate surface area is 185 Å². The normalized spacial score (nSPS) is 16.5. The molecule has 0 aliphatic carbocycles. The zero-order valence-corrected chi connectivity index (χ0v) is 18.3. The molecule has 3 aromatic rings. The molecule has 164 valence electrons. The number of piperidine rings is 1. The van der Waals surface area contributed by atoms with E-state index in [-0.39, 0.29) is 17.8 Å². The zero-order valence-electron chi connectivity index (χ0n) is 17.5. The van der Waals surface area contributed by atoms with Gasteiger partial charge < -0.3 is 15.3 Å². The number of nitrogens with zero attached hydrogens (tertiary/aromatic N) is 2. The van der Waals surface area contributed by atoms with Gasteiger partial charge in [0.2, 0.25) is 0 Å². The van der Waals surface area contributed by atoms with Crippen LogP contribution in [0.15, 0.2) is 42.6 Å². The molecule has 0 radical (unpaired) electrons. The highest BCUT2D eigenvalue weighted by molar-refractivity contribution is 6.31. The zero-order chi connectivity index (χ0) is 22.2. The Morgan fingerprint density at radius 3 is 2.65 bits per heavy atom. The minimum Gasteiger partial charge on any atom is -0.388 e. The quantitative estimate of drug-likeness (QED) is 0.506. The molecule has 0 bridgehead atoms. The summed E-state index contributed by atoms with van der Waals surface area (Å²) in [5.74, 6) is -0.124. The number of fused-ring (bicyclic) bond motifs is 1. The predicted molar refractivity (Wildman–Crippen MR) is 120 cm³/mol. The van der Waals surface area contributed by atoms with Gasteiger partial charge in [-0.15, -0.1) is 0 Å². The topological polar surface area (TPSA) is 81.2 Å². The van der Waals surface area contributed by atoms with Crippen LogP contribution in [0.5, 0.6) is 0 Å². The van der Waals surface area contributed by atoms with Crippen LogP contribution < -0.4 is 5.32 Å². The predicted octanol–water partition coefficient (Wildman–Crippen LogP) is 5.36. The molecule has 1 saturated heterocycles. The summed E-state index contributed by atoms with van der Waals surface area (Å²) in [5, 5.41) is 22.6. The maximum atomic E-state index is 13.1. The van der Waals surface area contributed by atoms with E-state index in [1.165, 1.54) is 12.1 Å². The molecule has 2 aromatic carbocycles. The molecule has 8 heteroatoms. The summed E-state index contributed by atoms with van der Waals surface area (Å²) in [6, 6.07) is 9.14. The number of rotatable bonds is 4. The summed E-state index contributed by atoms with van der Waals surface area (Å²) in [7, 11) is 0. The number of benzene rings is 2. The second kappa shape index (κ2) is 8.48. The van der Waals surface area contributed by atoms with Crippen molar-refractivity contribution in [1.29, 1.82) is 0 Å². The molecular weight excluding hydrogens is 419 g/mol. The van der Waals surface area contributed by atoms with Crippen molar-refractivity contribution in [3.63, 3.8) is 0 Å². The Morgan fingerprint density at radius 2 is 1.97 bits per heavy atom. The molecule has 2 amide bonds. The molecule has 0 spiro atoms. The lowest BCUT2D eigenvalue weighted by molar-refractivity contribution is -0.0138. The molecule has 4 rings (SSSR count). The van der Waals surface area contributed by atoms with Gasteiger partial charge in [-0.3, -0.25) is 5.10 Å². The first-order valence-electron chi connectivity index (χ1n) is 10.4. The second-order valence-electron chi connectivity index (χ2n) is 8.75. The van der Waals surface area contributed by atoms with Gasteiger partial charge in [-0.05, 0) is 60.6 Å². The fraction of sp³-hybridized carbons (Fsp3) is 0.391. The van der Waals surface area contributed by atoms with Gasteiger partial charge in [0.05, 0.1) is 17.8 Å². The number of hydrogen-bond donors (Lipinski definition) is 3. The number of hydrogen-bond acceptors (Lipinski definition) is 3. The fourth-order valence-electron chi connectivity index (χ4n) is 4.45. The highest BCUT2D eigenvalue weighted by atomic mass is 35.5. The van der Waals surface area contributed by atoms with Gasteiger partial charge in [0, 0.05) is 34.7 Å². The summed E-state index contributed by atoms with van der Waals surface area (Å²) < 4.78 is 13.1. The van der Waals surface area contributed by atoms with Crippen LogP contribution in [-0.4, -0.2) is 39.3 Å². The van der Waals surface area contributed by atoms with Gasteiger partial charge in [0.25, 0.3) is 0 Å². The largest absolute Gasteiger partial charge is 0.388 e. The number of likely N-dealkylation sites (tertiary alicyclic amines) is 1. The molecule has 3 N–H and O–H groups in total. The minimum atomic E-state index is -0.737. The minimum absolute atomic E-state index is 0.197. The number of urea groups is 1. The Bertz CT molecular complexity index is 1070. The average molecular weight is 445 g/mol. The van der Waals surface area contributed by atoms with Crippen molar-refractivity contribution >= 4 is 34.2 Å². The van der Waals surface area contributed by atoms with Crippen LogP contribution in [0.25, 0.3) is 10.9 Å². The van der Waals surface area contributed by atoms with Crippen molar-refractivity contribution in [3.05, 3.63) is 59.0 Å². The second-order valence-corrected chi connectivity index (χ2v) is 9.19. The lowest BCUT2D eigenvalue weighted by atomic mass is 9.68. The molecule has 1 aromatic heterocycles.